The van der Waals surface area contributed by atoms with Crippen molar-refractivity contribution in [2.45, 2.75) is 9.79 Å². The van der Waals surface area contributed by atoms with Crippen LogP contribution in [0.2, 0.25) is 0 Å². The van der Waals surface area contributed by atoms with E-state index in [4.69, 9.17) is 9.15 Å². The number of ether oxygens (including phenoxy) is 1. The number of methoxy groups -OCH3 is 1. The van der Waals surface area contributed by atoms with Gasteiger partial charge in [-0.1, -0.05) is 48.2 Å². The van der Waals surface area contributed by atoms with Crippen LogP contribution in [0.5, 0.6) is 11.5 Å². The van der Waals surface area contributed by atoms with Crippen LogP contribution in [0, 0.1) is 5.82 Å². The zero-order valence-electron chi connectivity index (χ0n) is 18.4. The number of nitrogens with zero attached hydrogens (tertiary/aromatic N) is 1. The van der Waals surface area contributed by atoms with Gasteiger partial charge in [-0.3, -0.25) is 9.36 Å². The first-order valence-electron chi connectivity index (χ1n) is 10.6. The number of aromatic nitrogens is 1. The Hall–Kier alpha value is -4.30. The van der Waals surface area contributed by atoms with Gasteiger partial charge in [-0.2, -0.15) is 0 Å². The van der Waals surface area contributed by atoms with E-state index in [-0.39, 0.29) is 15.9 Å². The largest absolute Gasteiger partial charge is 0.505 e. The molecular weight excluding hydrogens is 469 g/mol. The zero-order valence-corrected chi connectivity index (χ0v) is 19.2. The van der Waals surface area contributed by atoms with E-state index >= 15 is 0 Å². The second-order valence-corrected chi connectivity index (χ2v) is 8.68. The topological polar surface area (TPSA) is 81.7 Å². The average Bonchev–Trinajstić information content (AvgIpc) is 2.87. The molecule has 35 heavy (non-hydrogen) atoms. The fourth-order valence-electron chi connectivity index (χ4n) is 3.78. The highest BCUT2D eigenvalue weighted by Crippen LogP contribution is 2.37. The first kappa shape index (κ1) is 22.5. The van der Waals surface area contributed by atoms with Gasteiger partial charge in [-0.15, -0.1) is 0 Å². The SMILES string of the molecule is COc1cccc(Sc2c(O)c3c(=O)n(-c4ccc(F)cc4)c(-c4ccccc4)cc3oc2=O)c1. The van der Waals surface area contributed by atoms with E-state index in [2.05, 4.69) is 0 Å². The molecule has 0 saturated heterocycles. The predicted molar refractivity (Wildman–Crippen MR) is 132 cm³/mol. The molecule has 5 rings (SSSR count). The number of fused-ring (bicyclic) bond motifs is 1. The highest BCUT2D eigenvalue weighted by atomic mass is 32.2. The molecule has 0 amide bonds. The minimum atomic E-state index is -0.777. The van der Waals surface area contributed by atoms with Gasteiger partial charge in [0.1, 0.15) is 27.4 Å². The van der Waals surface area contributed by atoms with Crippen LogP contribution in [0.3, 0.4) is 0 Å². The fourth-order valence-corrected chi connectivity index (χ4v) is 4.66. The van der Waals surface area contributed by atoms with Gasteiger partial charge in [0.15, 0.2) is 5.75 Å². The summed E-state index contributed by atoms with van der Waals surface area (Å²) in [7, 11) is 1.52. The maximum absolute atomic E-state index is 13.8. The van der Waals surface area contributed by atoms with Gasteiger partial charge in [0.25, 0.3) is 5.56 Å². The Morgan fingerprint density at radius 3 is 2.40 bits per heavy atom. The van der Waals surface area contributed by atoms with Crippen molar-refractivity contribution in [3.05, 3.63) is 112 Å². The molecule has 0 radical (unpaired) electrons. The Labute approximate surface area is 202 Å². The predicted octanol–water partition coefficient (Wildman–Crippen LogP) is 5.62. The van der Waals surface area contributed by atoms with Gasteiger partial charge in [0.2, 0.25) is 0 Å². The Morgan fingerprint density at radius 2 is 1.69 bits per heavy atom. The summed E-state index contributed by atoms with van der Waals surface area (Å²) in [6, 6.07) is 22.9. The molecule has 1 N–H and O–H groups in total. The van der Waals surface area contributed by atoms with Crippen molar-refractivity contribution >= 4 is 22.7 Å². The number of rotatable bonds is 5. The van der Waals surface area contributed by atoms with Crippen molar-refractivity contribution in [2.24, 2.45) is 0 Å². The van der Waals surface area contributed by atoms with Crippen molar-refractivity contribution in [3.8, 4) is 28.4 Å². The van der Waals surface area contributed by atoms with E-state index in [1.807, 2.05) is 6.07 Å². The maximum atomic E-state index is 13.8. The van der Waals surface area contributed by atoms with Gasteiger partial charge >= 0.3 is 5.63 Å². The Bertz CT molecular complexity index is 1660. The number of pyridine rings is 1. The molecule has 2 aromatic heterocycles. The number of halogens is 1. The summed E-state index contributed by atoms with van der Waals surface area (Å²) in [4.78, 5) is 27.1. The molecule has 8 heteroatoms. The van der Waals surface area contributed by atoms with E-state index in [0.29, 0.717) is 27.6 Å². The first-order chi connectivity index (χ1) is 17.0. The van der Waals surface area contributed by atoms with Gasteiger partial charge in [0, 0.05) is 16.6 Å². The van der Waals surface area contributed by atoms with Crippen LogP contribution in [0.1, 0.15) is 0 Å². The quantitative estimate of drug-likeness (QED) is 0.347. The van der Waals surface area contributed by atoms with Crippen LogP contribution in [0.25, 0.3) is 27.9 Å². The molecule has 0 fully saturated rings. The number of hydrogen-bond donors (Lipinski definition) is 1. The molecule has 0 bridgehead atoms. The second kappa shape index (κ2) is 9.15. The zero-order chi connectivity index (χ0) is 24.5. The molecule has 0 atom stereocenters. The summed E-state index contributed by atoms with van der Waals surface area (Å²) in [6.07, 6.45) is 0. The fraction of sp³-hybridized carbons (Fsp3) is 0.0370. The summed E-state index contributed by atoms with van der Waals surface area (Å²) < 4.78 is 25.7. The summed E-state index contributed by atoms with van der Waals surface area (Å²) in [5, 5.41) is 10.9. The number of hydrogen-bond acceptors (Lipinski definition) is 6. The summed E-state index contributed by atoms with van der Waals surface area (Å²) in [6.45, 7) is 0. The normalized spacial score (nSPS) is 11.0. The van der Waals surface area contributed by atoms with Crippen LogP contribution in [0.15, 0.2) is 109 Å². The molecule has 0 saturated carbocycles. The third-order valence-corrected chi connectivity index (χ3v) is 6.48. The van der Waals surface area contributed by atoms with Gasteiger partial charge < -0.3 is 14.3 Å². The Balaban J connectivity index is 1.78. The molecule has 174 valence electrons. The molecule has 5 aromatic rings. The third kappa shape index (κ3) is 4.20. The van der Waals surface area contributed by atoms with Crippen molar-refractivity contribution in [3.63, 3.8) is 0 Å². The maximum Gasteiger partial charge on any atom is 0.354 e. The number of aromatic hydroxyl groups is 1. The minimum absolute atomic E-state index is 0.0512. The Kier molecular flexibility index (Phi) is 5.88. The summed E-state index contributed by atoms with van der Waals surface area (Å²) in [5.74, 6) is -0.356. The Morgan fingerprint density at radius 1 is 0.943 bits per heavy atom. The van der Waals surface area contributed by atoms with Crippen molar-refractivity contribution in [1.29, 1.82) is 0 Å². The summed E-state index contributed by atoms with van der Waals surface area (Å²) in [5.41, 5.74) is 0.0511. The highest BCUT2D eigenvalue weighted by molar-refractivity contribution is 7.99. The third-order valence-electron chi connectivity index (χ3n) is 5.43. The van der Waals surface area contributed by atoms with E-state index in [1.165, 1.54) is 42.0 Å². The smallest absolute Gasteiger partial charge is 0.354 e. The highest BCUT2D eigenvalue weighted by Gasteiger charge is 2.22. The first-order valence-corrected chi connectivity index (χ1v) is 11.4. The summed E-state index contributed by atoms with van der Waals surface area (Å²) >= 11 is 0.964. The molecule has 6 nitrogen and oxygen atoms in total. The molecule has 3 aromatic carbocycles. The molecular formula is C27H18FNO5S. The molecule has 0 unspecified atom stereocenters. The molecule has 0 spiro atoms. The van der Waals surface area contributed by atoms with E-state index in [1.54, 1.807) is 48.5 Å². The van der Waals surface area contributed by atoms with Crippen LogP contribution in [-0.2, 0) is 0 Å². The van der Waals surface area contributed by atoms with Crippen LogP contribution in [0.4, 0.5) is 4.39 Å². The lowest BCUT2D eigenvalue weighted by atomic mass is 10.1. The van der Waals surface area contributed by atoms with Gasteiger partial charge in [-0.25, -0.2) is 9.18 Å². The number of benzene rings is 3. The van der Waals surface area contributed by atoms with E-state index in [9.17, 15) is 19.1 Å². The minimum Gasteiger partial charge on any atom is -0.505 e. The standard InChI is InChI=1S/C27H18FNO5S/c1-33-19-8-5-9-20(14-19)35-25-24(30)23-22(34-27(25)32)15-21(16-6-3-2-4-7-16)29(26(23)31)18-12-10-17(28)11-13-18/h2-15,30H,1H3. The van der Waals surface area contributed by atoms with Gasteiger partial charge in [0.05, 0.1) is 12.8 Å². The average molecular weight is 488 g/mol. The van der Waals surface area contributed by atoms with Crippen molar-refractivity contribution in [2.75, 3.05) is 7.11 Å². The van der Waals surface area contributed by atoms with Crippen LogP contribution >= 0.6 is 11.8 Å². The van der Waals surface area contributed by atoms with Crippen LogP contribution in [-0.4, -0.2) is 16.8 Å². The molecule has 0 aliphatic rings. The lowest BCUT2D eigenvalue weighted by molar-refractivity contribution is 0.413. The van der Waals surface area contributed by atoms with Crippen molar-refractivity contribution in [1.82, 2.24) is 4.57 Å². The van der Waals surface area contributed by atoms with Crippen molar-refractivity contribution < 1.29 is 18.7 Å². The van der Waals surface area contributed by atoms with E-state index < -0.39 is 22.8 Å². The lowest BCUT2D eigenvalue weighted by Crippen LogP contribution is -2.21. The molecule has 0 aliphatic heterocycles. The molecule has 0 aliphatic carbocycles. The lowest BCUT2D eigenvalue weighted by Gasteiger charge is -2.15. The van der Waals surface area contributed by atoms with E-state index in [0.717, 1.165) is 11.8 Å². The molecule has 2 heterocycles. The van der Waals surface area contributed by atoms with Gasteiger partial charge in [-0.05, 0) is 48.0 Å². The second-order valence-electron chi connectivity index (χ2n) is 7.60. The monoisotopic (exact) mass is 487 g/mol. The van der Waals surface area contributed by atoms with Crippen LogP contribution < -0.4 is 15.9 Å².